The van der Waals surface area contributed by atoms with Gasteiger partial charge in [-0.25, -0.2) is 24.5 Å². The van der Waals surface area contributed by atoms with Crippen LogP contribution in [-0.4, -0.2) is 101 Å². The fourth-order valence-electron chi connectivity index (χ4n) is 8.52. The fraction of sp³-hybridized carbons (Fsp3) is 0.386. The molecule has 318 valence electrons. The van der Waals surface area contributed by atoms with Crippen LogP contribution in [0.1, 0.15) is 77.1 Å². The van der Waals surface area contributed by atoms with Gasteiger partial charge in [-0.05, 0) is 48.6 Å². The smallest absolute Gasteiger partial charge is 0.407 e. The van der Waals surface area contributed by atoms with E-state index >= 15 is 0 Å². The molecule has 4 amide bonds. The van der Waals surface area contributed by atoms with Crippen molar-refractivity contribution in [2.24, 2.45) is 11.8 Å². The maximum atomic E-state index is 13.6. The summed E-state index contributed by atoms with van der Waals surface area (Å²) in [7, 11) is 1.29. The maximum Gasteiger partial charge on any atom is 0.407 e. The molecule has 2 saturated heterocycles. The summed E-state index contributed by atoms with van der Waals surface area (Å²) < 4.78 is 6.88. The summed E-state index contributed by atoms with van der Waals surface area (Å²) in [5.74, 6) is 0.675. The average molecular weight is 847 g/mol. The summed E-state index contributed by atoms with van der Waals surface area (Å²) in [5.41, 5.74) is 7.29. The number of carbonyl (C=O) groups is 4. The number of alkyl carbamates (subject to hydrolysis) is 1. The van der Waals surface area contributed by atoms with Crippen LogP contribution in [0.2, 0.25) is 0 Å². The predicted octanol–water partition coefficient (Wildman–Crippen LogP) is 7.51. The number of methoxy groups -OCH3 is 1. The number of aromatic amines is 2. The number of carbonyl (C=O) groups excluding carboxylic acids is 3. The zero-order chi connectivity index (χ0) is 42.9. The van der Waals surface area contributed by atoms with Gasteiger partial charge in [-0.1, -0.05) is 76.2 Å². The molecule has 16 nitrogen and oxygen atoms in total. The Morgan fingerprint density at radius 3 is 1.74 bits per heavy atom. The van der Waals surface area contributed by atoms with Gasteiger partial charge < -0.3 is 40.2 Å². The quantitative estimate of drug-likeness (QED) is 0.0826. The van der Waals surface area contributed by atoms with E-state index in [0.29, 0.717) is 24.7 Å². The predicted molar refractivity (Wildman–Crippen MR) is 230 cm³/mol. The van der Waals surface area contributed by atoms with Gasteiger partial charge in [0.1, 0.15) is 23.7 Å². The fourth-order valence-corrected chi connectivity index (χ4v) is 9.23. The lowest BCUT2D eigenvalue weighted by Gasteiger charge is -2.30. The molecule has 0 bridgehead atoms. The molecule has 2 aromatic carbocycles. The molecule has 1 unspecified atom stereocenters. The maximum absolute atomic E-state index is 13.6. The molecule has 61 heavy (non-hydrogen) atoms. The number of thiazole rings is 1. The summed E-state index contributed by atoms with van der Waals surface area (Å²) in [6.07, 6.45) is 6.89. The van der Waals surface area contributed by atoms with E-state index in [1.807, 2.05) is 51.4 Å². The first-order valence-corrected chi connectivity index (χ1v) is 21.5. The molecule has 17 heteroatoms. The van der Waals surface area contributed by atoms with Gasteiger partial charge in [0.15, 0.2) is 4.96 Å². The van der Waals surface area contributed by atoms with E-state index in [4.69, 9.17) is 14.7 Å². The van der Waals surface area contributed by atoms with E-state index in [9.17, 15) is 24.3 Å². The molecule has 8 rings (SSSR count). The number of aromatic nitrogens is 6. The molecule has 2 aliphatic heterocycles. The van der Waals surface area contributed by atoms with Crippen LogP contribution < -0.4 is 10.6 Å². The zero-order valence-electron chi connectivity index (χ0n) is 34.7. The molecule has 0 aliphatic carbocycles. The number of benzene rings is 2. The molecule has 6 heterocycles. The van der Waals surface area contributed by atoms with Crippen LogP contribution in [0.5, 0.6) is 0 Å². The molecule has 0 saturated carbocycles. The standard InChI is InChI=1S/C44H50N10O6S/c1-24(2)34(50-43(57)58)40(55)52-18-6-8-32(52)38-45-22-30(47-38)26-10-14-28(15-11-26)36-37(54-20-21-61-42(54)49-36)29-16-12-27(13-17-29)31-23-46-39(48-31)33-9-7-19-53(33)41(56)35(25(3)4)51-44(59)60-5/h10-17,20-25,32-35,50H,6-9,18-19H2,1-5H3,(H,45,47)(H,46,48)(H,51,59)(H,57,58)/t32-,33?,34-,35-/m0/s1. The van der Waals surface area contributed by atoms with E-state index in [-0.39, 0.29) is 35.7 Å². The highest BCUT2D eigenvalue weighted by molar-refractivity contribution is 7.15. The Morgan fingerprint density at radius 2 is 1.25 bits per heavy atom. The van der Waals surface area contributed by atoms with Gasteiger partial charge in [-0.15, -0.1) is 11.3 Å². The molecular weight excluding hydrogens is 797 g/mol. The van der Waals surface area contributed by atoms with Gasteiger partial charge in [0.05, 0.1) is 54.4 Å². The van der Waals surface area contributed by atoms with Crippen molar-refractivity contribution >= 4 is 40.3 Å². The second-order valence-electron chi connectivity index (χ2n) is 16.3. The molecule has 0 radical (unpaired) electrons. The Bertz CT molecular complexity index is 2540. The third kappa shape index (κ3) is 8.21. The number of hydrogen-bond donors (Lipinski definition) is 5. The zero-order valence-corrected chi connectivity index (χ0v) is 35.5. The molecule has 5 N–H and O–H groups in total. The van der Waals surface area contributed by atoms with Crippen LogP contribution in [0.3, 0.4) is 0 Å². The first-order valence-electron chi connectivity index (χ1n) is 20.6. The van der Waals surface area contributed by atoms with Crippen molar-refractivity contribution in [1.82, 2.24) is 49.8 Å². The van der Waals surface area contributed by atoms with Crippen LogP contribution in [0, 0.1) is 11.8 Å². The van der Waals surface area contributed by atoms with Crippen molar-refractivity contribution in [3.63, 3.8) is 0 Å². The molecule has 6 aromatic rings. The molecule has 2 fully saturated rings. The van der Waals surface area contributed by atoms with Crippen LogP contribution >= 0.6 is 11.3 Å². The van der Waals surface area contributed by atoms with Gasteiger partial charge in [0.25, 0.3) is 0 Å². The van der Waals surface area contributed by atoms with E-state index in [1.54, 1.807) is 33.5 Å². The Kier molecular flexibility index (Phi) is 11.7. The summed E-state index contributed by atoms with van der Waals surface area (Å²) in [6.45, 7) is 8.58. The van der Waals surface area contributed by atoms with Crippen molar-refractivity contribution < 1.29 is 29.0 Å². The van der Waals surface area contributed by atoms with Crippen LogP contribution in [0.25, 0.3) is 50.0 Å². The Balaban J connectivity index is 0.993. The molecule has 4 aromatic heterocycles. The Hall–Kier alpha value is -6.49. The number of nitrogens with one attached hydrogen (secondary N) is 4. The molecule has 4 atom stereocenters. The van der Waals surface area contributed by atoms with E-state index < -0.39 is 24.3 Å². The van der Waals surface area contributed by atoms with Crippen molar-refractivity contribution in [1.29, 1.82) is 0 Å². The lowest BCUT2D eigenvalue weighted by Crippen LogP contribution is -2.51. The summed E-state index contributed by atoms with van der Waals surface area (Å²) in [6, 6.07) is 14.4. The van der Waals surface area contributed by atoms with Gasteiger partial charge in [0.2, 0.25) is 11.8 Å². The second kappa shape index (κ2) is 17.2. The number of ether oxygens (including phenoxy) is 1. The first kappa shape index (κ1) is 41.3. The minimum atomic E-state index is -1.22. The third-order valence-electron chi connectivity index (χ3n) is 11.7. The highest BCUT2D eigenvalue weighted by Gasteiger charge is 2.39. The molecular formula is C44H50N10O6S. The van der Waals surface area contributed by atoms with E-state index in [2.05, 4.69) is 66.4 Å². The number of hydrogen-bond acceptors (Lipinski definition) is 9. The Labute approximate surface area is 356 Å². The van der Waals surface area contributed by atoms with Gasteiger partial charge in [-0.3, -0.25) is 14.0 Å². The lowest BCUT2D eigenvalue weighted by molar-refractivity contribution is -0.136. The summed E-state index contributed by atoms with van der Waals surface area (Å²) in [4.78, 5) is 76.3. The highest BCUT2D eigenvalue weighted by Crippen LogP contribution is 2.38. The largest absolute Gasteiger partial charge is 0.465 e. The SMILES string of the molecule is COC(=O)N[C@H](C(=O)N1CCCC1c1ncc(-c2ccc(-c3c(-c4ccc(-c5cnc([C@@H]6CCCN6C(=O)[C@@H](NC(=O)O)C(C)C)[nH]5)cc4)nc4sccn34)cc2)[nH]1)C(C)C. The number of imidazole rings is 3. The monoisotopic (exact) mass is 846 g/mol. The van der Waals surface area contributed by atoms with Crippen LogP contribution in [-0.2, 0) is 14.3 Å². The Morgan fingerprint density at radius 1 is 0.754 bits per heavy atom. The lowest BCUT2D eigenvalue weighted by atomic mass is 10.0. The van der Waals surface area contributed by atoms with Crippen molar-refractivity contribution in [2.45, 2.75) is 77.5 Å². The first-order chi connectivity index (χ1) is 29.4. The summed E-state index contributed by atoms with van der Waals surface area (Å²) in [5, 5.41) is 16.5. The summed E-state index contributed by atoms with van der Waals surface area (Å²) >= 11 is 1.57. The normalized spacial score (nSPS) is 17.6. The average Bonchev–Trinajstić information content (AvgIpc) is 4.11. The molecule has 0 spiro atoms. The topological polar surface area (TPSA) is 203 Å². The number of fused-ring (bicyclic) bond motifs is 1. The number of nitrogens with zero attached hydrogens (tertiary/aromatic N) is 6. The van der Waals surface area contributed by atoms with Crippen LogP contribution in [0.4, 0.5) is 9.59 Å². The van der Waals surface area contributed by atoms with Gasteiger partial charge in [0, 0.05) is 35.8 Å². The number of rotatable bonds is 12. The number of amides is 4. The van der Waals surface area contributed by atoms with Gasteiger partial charge in [-0.2, -0.15) is 0 Å². The van der Waals surface area contributed by atoms with Crippen LogP contribution in [0.15, 0.2) is 72.5 Å². The third-order valence-corrected chi connectivity index (χ3v) is 12.5. The van der Waals surface area contributed by atoms with E-state index in [0.717, 1.165) is 75.7 Å². The minimum absolute atomic E-state index is 0.119. The van der Waals surface area contributed by atoms with Crippen molar-refractivity contribution in [3.05, 3.63) is 84.2 Å². The highest BCUT2D eigenvalue weighted by atomic mass is 32.1. The van der Waals surface area contributed by atoms with Crippen molar-refractivity contribution in [3.8, 4) is 45.0 Å². The van der Waals surface area contributed by atoms with E-state index in [1.165, 1.54) is 7.11 Å². The minimum Gasteiger partial charge on any atom is -0.465 e. The van der Waals surface area contributed by atoms with Crippen molar-refractivity contribution in [2.75, 3.05) is 20.2 Å². The number of likely N-dealkylation sites (tertiary alicyclic amines) is 2. The number of H-pyrrole nitrogens is 2. The molecule has 2 aliphatic rings. The number of carboxylic acid groups (broad SMARTS) is 1. The van der Waals surface area contributed by atoms with Gasteiger partial charge >= 0.3 is 12.2 Å². The second-order valence-corrected chi connectivity index (χ2v) is 17.2.